The third kappa shape index (κ3) is 2.32. The molecule has 0 aromatic heterocycles. The van der Waals surface area contributed by atoms with Gasteiger partial charge < -0.3 is 14.2 Å². The zero-order valence-corrected chi connectivity index (χ0v) is 13.4. The second-order valence-electron chi connectivity index (χ2n) is 5.24. The van der Waals surface area contributed by atoms with Crippen LogP contribution in [0.1, 0.15) is 33.1 Å². The van der Waals surface area contributed by atoms with Gasteiger partial charge in [-0.25, -0.2) is 0 Å². The minimum absolute atomic E-state index is 0.0490. The van der Waals surface area contributed by atoms with Crippen LogP contribution in [0.3, 0.4) is 0 Å². The molecule has 2 atom stereocenters. The van der Waals surface area contributed by atoms with Gasteiger partial charge >= 0.3 is 0 Å². The first-order valence-corrected chi connectivity index (χ1v) is 7.58. The Hall–Kier alpha value is -1.09. The number of rotatable bonds is 6. The molecular formula is C16H23ClO3. The van der Waals surface area contributed by atoms with E-state index in [-0.39, 0.29) is 16.9 Å². The molecule has 1 aromatic carbocycles. The third-order valence-electron chi connectivity index (χ3n) is 4.65. The van der Waals surface area contributed by atoms with Crippen molar-refractivity contribution in [3.05, 3.63) is 18.2 Å². The summed E-state index contributed by atoms with van der Waals surface area (Å²) < 4.78 is 17.0. The Labute approximate surface area is 126 Å². The maximum absolute atomic E-state index is 6.44. The molecule has 1 aliphatic carbocycles. The second-order valence-corrected chi connectivity index (χ2v) is 5.77. The Bertz CT molecular complexity index is 435. The van der Waals surface area contributed by atoms with E-state index in [1.54, 1.807) is 14.2 Å². The van der Waals surface area contributed by atoms with Crippen LogP contribution >= 0.6 is 11.6 Å². The molecule has 1 aliphatic rings. The molecule has 0 saturated heterocycles. The molecule has 2 unspecified atom stereocenters. The van der Waals surface area contributed by atoms with E-state index < -0.39 is 0 Å². The van der Waals surface area contributed by atoms with Crippen LogP contribution in [0.25, 0.3) is 0 Å². The van der Waals surface area contributed by atoms with E-state index in [0.29, 0.717) is 17.2 Å². The highest BCUT2D eigenvalue weighted by molar-refractivity contribution is 6.21. The monoisotopic (exact) mass is 298 g/mol. The number of para-hydroxylation sites is 1. The Morgan fingerprint density at radius 3 is 2.10 bits per heavy atom. The van der Waals surface area contributed by atoms with E-state index in [1.165, 1.54) is 0 Å². The van der Waals surface area contributed by atoms with Crippen molar-refractivity contribution in [2.45, 2.75) is 44.6 Å². The van der Waals surface area contributed by atoms with Gasteiger partial charge in [0.05, 0.1) is 14.2 Å². The second kappa shape index (κ2) is 6.13. The van der Waals surface area contributed by atoms with Crippen LogP contribution in [0.2, 0.25) is 0 Å². The molecule has 4 heteroatoms. The molecule has 0 bridgehead atoms. The average molecular weight is 299 g/mol. The first-order valence-electron chi connectivity index (χ1n) is 7.14. The van der Waals surface area contributed by atoms with Crippen LogP contribution < -0.4 is 14.2 Å². The summed E-state index contributed by atoms with van der Waals surface area (Å²) in [6.07, 6.45) is 3.01. The summed E-state index contributed by atoms with van der Waals surface area (Å²) in [6.45, 7) is 4.35. The number of methoxy groups -OCH3 is 2. The summed E-state index contributed by atoms with van der Waals surface area (Å²) in [6, 6.07) is 5.66. The van der Waals surface area contributed by atoms with Gasteiger partial charge in [0.2, 0.25) is 5.75 Å². The fraction of sp³-hybridized carbons (Fsp3) is 0.625. The fourth-order valence-corrected chi connectivity index (χ4v) is 3.70. The zero-order chi connectivity index (χ0) is 14.8. The number of hydrogen-bond donors (Lipinski definition) is 0. The highest BCUT2D eigenvalue weighted by atomic mass is 35.5. The molecular weight excluding hydrogens is 276 g/mol. The van der Waals surface area contributed by atoms with Gasteiger partial charge in [-0.05, 0) is 25.0 Å². The molecule has 112 valence electrons. The summed E-state index contributed by atoms with van der Waals surface area (Å²) in [5.74, 6) is 2.07. The quantitative estimate of drug-likeness (QED) is 0.734. The van der Waals surface area contributed by atoms with E-state index in [4.69, 9.17) is 25.8 Å². The van der Waals surface area contributed by atoms with Crippen LogP contribution in [-0.2, 0) is 0 Å². The van der Waals surface area contributed by atoms with Crippen molar-refractivity contribution in [3.8, 4) is 17.2 Å². The lowest BCUT2D eigenvalue weighted by Gasteiger charge is -2.52. The largest absolute Gasteiger partial charge is 0.493 e. The van der Waals surface area contributed by atoms with E-state index in [2.05, 4.69) is 13.8 Å². The summed E-state index contributed by atoms with van der Waals surface area (Å²) in [5, 5.41) is 0.184. The number of hydrogen-bond acceptors (Lipinski definition) is 3. The first kappa shape index (κ1) is 15.3. The SMILES string of the molecule is CCC1(CC)C(Cl)CC1Oc1c(OC)cccc1OC. The van der Waals surface area contributed by atoms with E-state index in [0.717, 1.165) is 19.3 Å². The smallest absolute Gasteiger partial charge is 0.203 e. The van der Waals surface area contributed by atoms with Gasteiger partial charge in [-0.1, -0.05) is 19.9 Å². The predicted molar refractivity (Wildman–Crippen MR) is 81.2 cm³/mol. The lowest BCUT2D eigenvalue weighted by molar-refractivity contribution is -0.0483. The normalized spacial score (nSPS) is 23.9. The molecule has 0 amide bonds. The standard InChI is InChI=1S/C16H23ClO3/c1-5-16(6-2)13(17)10-14(16)20-15-11(18-3)8-7-9-12(15)19-4/h7-9,13-14H,5-6,10H2,1-4H3. The minimum atomic E-state index is 0.0490. The molecule has 3 nitrogen and oxygen atoms in total. The van der Waals surface area contributed by atoms with Crippen LogP contribution in [0.4, 0.5) is 0 Å². The molecule has 20 heavy (non-hydrogen) atoms. The Kier molecular flexibility index (Phi) is 4.69. The summed E-state index contributed by atoms with van der Waals surface area (Å²) >= 11 is 6.44. The van der Waals surface area contributed by atoms with Crippen molar-refractivity contribution in [2.24, 2.45) is 5.41 Å². The number of benzene rings is 1. The predicted octanol–water partition coefficient (Wildman–Crippen LogP) is 4.27. The Morgan fingerprint density at radius 2 is 1.70 bits per heavy atom. The lowest BCUT2D eigenvalue weighted by atomic mass is 9.62. The zero-order valence-electron chi connectivity index (χ0n) is 12.6. The van der Waals surface area contributed by atoms with Crippen LogP contribution in [0, 0.1) is 5.41 Å². The minimum Gasteiger partial charge on any atom is -0.493 e. The van der Waals surface area contributed by atoms with Gasteiger partial charge in [0, 0.05) is 17.2 Å². The highest BCUT2D eigenvalue weighted by Gasteiger charge is 2.53. The maximum Gasteiger partial charge on any atom is 0.203 e. The fourth-order valence-electron chi connectivity index (χ4n) is 3.09. The number of alkyl halides is 1. The summed E-state index contributed by atoms with van der Waals surface area (Å²) in [4.78, 5) is 0. The van der Waals surface area contributed by atoms with Crippen molar-refractivity contribution >= 4 is 11.6 Å². The summed E-state index contributed by atoms with van der Waals surface area (Å²) in [7, 11) is 3.28. The molecule has 0 radical (unpaired) electrons. The summed E-state index contributed by atoms with van der Waals surface area (Å²) in [5.41, 5.74) is 0.0490. The van der Waals surface area contributed by atoms with Gasteiger partial charge in [-0.2, -0.15) is 0 Å². The number of halogens is 1. The molecule has 0 heterocycles. The van der Waals surface area contributed by atoms with Gasteiger partial charge in [0.15, 0.2) is 11.5 Å². The molecule has 1 aromatic rings. The van der Waals surface area contributed by atoms with Crippen molar-refractivity contribution in [3.63, 3.8) is 0 Å². The van der Waals surface area contributed by atoms with Crippen molar-refractivity contribution in [2.75, 3.05) is 14.2 Å². The molecule has 0 spiro atoms. The van der Waals surface area contributed by atoms with Gasteiger partial charge in [0.25, 0.3) is 0 Å². The lowest BCUT2D eigenvalue weighted by Crippen LogP contribution is -2.56. The number of ether oxygens (including phenoxy) is 3. The molecule has 1 fully saturated rings. The van der Waals surface area contributed by atoms with Crippen LogP contribution in [0.5, 0.6) is 17.2 Å². The third-order valence-corrected chi connectivity index (χ3v) is 5.26. The van der Waals surface area contributed by atoms with E-state index in [1.807, 2.05) is 18.2 Å². The molecule has 2 rings (SSSR count). The molecule has 0 N–H and O–H groups in total. The molecule has 1 saturated carbocycles. The molecule has 0 aliphatic heterocycles. The van der Waals surface area contributed by atoms with Gasteiger partial charge in [-0.3, -0.25) is 0 Å². The van der Waals surface area contributed by atoms with E-state index in [9.17, 15) is 0 Å². The Balaban J connectivity index is 2.26. The first-order chi connectivity index (χ1) is 9.62. The van der Waals surface area contributed by atoms with Gasteiger partial charge in [-0.15, -0.1) is 11.6 Å². The van der Waals surface area contributed by atoms with Crippen molar-refractivity contribution in [1.29, 1.82) is 0 Å². The Morgan fingerprint density at radius 1 is 1.15 bits per heavy atom. The highest BCUT2D eigenvalue weighted by Crippen LogP contribution is 2.53. The van der Waals surface area contributed by atoms with Gasteiger partial charge in [0.1, 0.15) is 6.10 Å². The average Bonchev–Trinajstić information content (AvgIpc) is 2.48. The van der Waals surface area contributed by atoms with E-state index >= 15 is 0 Å². The van der Waals surface area contributed by atoms with Crippen molar-refractivity contribution in [1.82, 2.24) is 0 Å². The van der Waals surface area contributed by atoms with Crippen molar-refractivity contribution < 1.29 is 14.2 Å². The van der Waals surface area contributed by atoms with Crippen LogP contribution in [0.15, 0.2) is 18.2 Å². The van der Waals surface area contributed by atoms with Crippen LogP contribution in [-0.4, -0.2) is 25.7 Å². The topological polar surface area (TPSA) is 27.7 Å². The maximum atomic E-state index is 6.44.